The van der Waals surface area contributed by atoms with E-state index in [4.69, 9.17) is 5.73 Å². The normalized spacial score (nSPS) is 16.6. The zero-order valence-corrected chi connectivity index (χ0v) is 11.2. The van der Waals surface area contributed by atoms with Crippen LogP contribution >= 0.6 is 0 Å². The molecule has 102 valence electrons. The topological polar surface area (TPSA) is 69.1 Å². The van der Waals surface area contributed by atoms with Gasteiger partial charge in [0.2, 0.25) is 0 Å². The molecule has 3 aromatic rings. The largest absolute Gasteiger partial charge is 0.303 e. The Hall–Kier alpha value is -2.79. The Morgan fingerprint density at radius 3 is 2.57 bits per heavy atom. The summed E-state index contributed by atoms with van der Waals surface area (Å²) < 4.78 is 1.90. The van der Waals surface area contributed by atoms with E-state index in [-0.39, 0.29) is 0 Å². The summed E-state index contributed by atoms with van der Waals surface area (Å²) in [5.41, 5.74) is 10.1. The summed E-state index contributed by atoms with van der Waals surface area (Å²) in [4.78, 5) is 4.67. The number of benzene rings is 2. The van der Waals surface area contributed by atoms with Gasteiger partial charge in [0.1, 0.15) is 6.33 Å². The van der Waals surface area contributed by atoms with Crippen LogP contribution in [0.15, 0.2) is 65.9 Å². The van der Waals surface area contributed by atoms with Crippen molar-refractivity contribution in [3.63, 3.8) is 0 Å². The molecule has 0 saturated carbocycles. The number of para-hydroxylation sites is 1. The molecular formula is C16H13N5. The Morgan fingerprint density at radius 1 is 0.952 bits per heavy atom. The van der Waals surface area contributed by atoms with Crippen LogP contribution in [0.4, 0.5) is 0 Å². The van der Waals surface area contributed by atoms with Gasteiger partial charge < -0.3 is 5.73 Å². The first kappa shape index (κ1) is 12.0. The van der Waals surface area contributed by atoms with E-state index in [2.05, 4.69) is 15.2 Å². The number of rotatable bonds is 1. The summed E-state index contributed by atoms with van der Waals surface area (Å²) >= 11 is 0. The predicted octanol–water partition coefficient (Wildman–Crippen LogP) is 2.08. The first-order valence-corrected chi connectivity index (χ1v) is 6.73. The number of fused-ring (bicyclic) bond motifs is 3. The van der Waals surface area contributed by atoms with Gasteiger partial charge in [-0.05, 0) is 6.07 Å². The summed E-state index contributed by atoms with van der Waals surface area (Å²) in [6.07, 6.45) is 1.15. The maximum Gasteiger partial charge on any atom is 0.176 e. The van der Waals surface area contributed by atoms with E-state index in [9.17, 15) is 0 Å². The highest BCUT2D eigenvalue weighted by Gasteiger charge is 2.23. The van der Waals surface area contributed by atoms with E-state index >= 15 is 0 Å². The first-order chi connectivity index (χ1) is 10.3. The van der Waals surface area contributed by atoms with Gasteiger partial charge in [-0.15, -0.1) is 10.2 Å². The molecular weight excluding hydrogens is 262 g/mol. The van der Waals surface area contributed by atoms with Gasteiger partial charge in [0, 0.05) is 11.1 Å². The van der Waals surface area contributed by atoms with Crippen molar-refractivity contribution in [1.82, 2.24) is 14.8 Å². The molecule has 0 aliphatic carbocycles. The second-order valence-electron chi connectivity index (χ2n) is 4.86. The van der Waals surface area contributed by atoms with Crippen LogP contribution in [-0.4, -0.2) is 20.5 Å². The molecule has 1 unspecified atom stereocenters. The van der Waals surface area contributed by atoms with Crippen LogP contribution in [-0.2, 0) is 0 Å². The zero-order chi connectivity index (χ0) is 14.2. The molecule has 1 atom stereocenters. The number of nitrogens with zero attached hydrogens (tertiary/aromatic N) is 4. The van der Waals surface area contributed by atoms with Gasteiger partial charge in [-0.25, -0.2) is 0 Å². The molecule has 0 radical (unpaired) electrons. The van der Waals surface area contributed by atoms with Crippen LogP contribution in [0.5, 0.6) is 0 Å². The quantitative estimate of drug-likeness (QED) is 0.739. The number of hydrogen-bond donors (Lipinski definition) is 1. The van der Waals surface area contributed by atoms with E-state index in [1.165, 1.54) is 0 Å². The second kappa shape index (κ2) is 4.64. The zero-order valence-electron chi connectivity index (χ0n) is 11.2. The van der Waals surface area contributed by atoms with Gasteiger partial charge in [-0.1, -0.05) is 48.5 Å². The number of aliphatic imine (C=N–C) groups is 1. The number of nitrogens with two attached hydrogens (primary N) is 1. The van der Waals surface area contributed by atoms with Crippen molar-refractivity contribution < 1.29 is 0 Å². The fourth-order valence-corrected chi connectivity index (χ4v) is 2.61. The molecule has 1 aliphatic rings. The molecule has 0 amide bonds. The van der Waals surface area contributed by atoms with Crippen molar-refractivity contribution in [2.75, 3.05) is 0 Å². The average molecular weight is 275 g/mol. The van der Waals surface area contributed by atoms with Crippen LogP contribution in [0, 0.1) is 0 Å². The van der Waals surface area contributed by atoms with E-state index in [0.717, 1.165) is 22.5 Å². The standard InChI is InChI=1S/C16H13N5/c17-15-16-20-18-10-21(16)13-9-5-4-8-12(13)14(19-15)11-6-2-1-3-7-11/h1-10,15H,17H2. The van der Waals surface area contributed by atoms with E-state index in [1.54, 1.807) is 6.33 Å². The van der Waals surface area contributed by atoms with E-state index < -0.39 is 6.17 Å². The van der Waals surface area contributed by atoms with Gasteiger partial charge in [-0.2, -0.15) is 0 Å². The molecule has 2 heterocycles. The molecule has 5 heteroatoms. The average Bonchev–Trinajstić information content (AvgIpc) is 2.99. The Balaban J connectivity index is 2.02. The predicted molar refractivity (Wildman–Crippen MR) is 80.4 cm³/mol. The van der Waals surface area contributed by atoms with Crippen molar-refractivity contribution >= 4 is 5.71 Å². The smallest absolute Gasteiger partial charge is 0.176 e. The maximum atomic E-state index is 6.19. The van der Waals surface area contributed by atoms with E-state index in [1.807, 2.05) is 59.2 Å². The van der Waals surface area contributed by atoms with Gasteiger partial charge in [0.05, 0.1) is 11.4 Å². The van der Waals surface area contributed by atoms with Crippen LogP contribution < -0.4 is 5.73 Å². The molecule has 4 rings (SSSR count). The number of aromatic nitrogens is 3. The van der Waals surface area contributed by atoms with Crippen LogP contribution in [0.1, 0.15) is 23.1 Å². The maximum absolute atomic E-state index is 6.19. The lowest BCUT2D eigenvalue weighted by molar-refractivity contribution is 0.693. The molecule has 2 aromatic carbocycles. The fourth-order valence-electron chi connectivity index (χ4n) is 2.61. The molecule has 0 bridgehead atoms. The third kappa shape index (κ3) is 1.86. The fraction of sp³-hybridized carbons (Fsp3) is 0.0625. The first-order valence-electron chi connectivity index (χ1n) is 6.73. The molecule has 0 fully saturated rings. The molecule has 1 aliphatic heterocycles. The molecule has 5 nitrogen and oxygen atoms in total. The van der Waals surface area contributed by atoms with E-state index in [0.29, 0.717) is 5.82 Å². The minimum absolute atomic E-state index is 0.532. The molecule has 1 aromatic heterocycles. The highest BCUT2D eigenvalue weighted by molar-refractivity contribution is 6.15. The lowest BCUT2D eigenvalue weighted by atomic mass is 10.0. The third-order valence-corrected chi connectivity index (χ3v) is 3.57. The monoisotopic (exact) mass is 275 g/mol. The van der Waals surface area contributed by atoms with Crippen LogP contribution in [0.25, 0.3) is 5.69 Å². The van der Waals surface area contributed by atoms with Crippen molar-refractivity contribution in [1.29, 1.82) is 0 Å². The van der Waals surface area contributed by atoms with Crippen molar-refractivity contribution in [2.24, 2.45) is 10.7 Å². The molecule has 21 heavy (non-hydrogen) atoms. The highest BCUT2D eigenvalue weighted by atomic mass is 15.3. The second-order valence-corrected chi connectivity index (χ2v) is 4.86. The van der Waals surface area contributed by atoms with Gasteiger partial charge in [0.25, 0.3) is 0 Å². The van der Waals surface area contributed by atoms with Gasteiger partial charge in [-0.3, -0.25) is 9.56 Å². The number of hydrogen-bond acceptors (Lipinski definition) is 4. The minimum atomic E-state index is -0.532. The lowest BCUT2D eigenvalue weighted by Crippen LogP contribution is -2.13. The van der Waals surface area contributed by atoms with Crippen molar-refractivity contribution in [3.8, 4) is 5.69 Å². The van der Waals surface area contributed by atoms with Gasteiger partial charge >= 0.3 is 0 Å². The van der Waals surface area contributed by atoms with Crippen molar-refractivity contribution in [2.45, 2.75) is 6.17 Å². The summed E-state index contributed by atoms with van der Waals surface area (Å²) in [5.74, 6) is 0.647. The van der Waals surface area contributed by atoms with Crippen LogP contribution in [0.3, 0.4) is 0 Å². The lowest BCUT2D eigenvalue weighted by Gasteiger charge is -2.10. The summed E-state index contributed by atoms with van der Waals surface area (Å²) in [7, 11) is 0. The highest BCUT2D eigenvalue weighted by Crippen LogP contribution is 2.26. The van der Waals surface area contributed by atoms with Crippen LogP contribution in [0.2, 0.25) is 0 Å². The van der Waals surface area contributed by atoms with Crippen molar-refractivity contribution in [3.05, 3.63) is 77.9 Å². The summed E-state index contributed by atoms with van der Waals surface area (Å²) in [5, 5.41) is 8.06. The van der Waals surface area contributed by atoms with Gasteiger partial charge in [0.15, 0.2) is 12.0 Å². The summed E-state index contributed by atoms with van der Waals surface area (Å²) in [6, 6.07) is 18.1. The Morgan fingerprint density at radius 2 is 1.71 bits per heavy atom. The molecule has 2 N–H and O–H groups in total. The Bertz CT molecular complexity index is 819. The molecule has 0 saturated heterocycles. The SMILES string of the molecule is NC1N=C(c2ccccc2)c2ccccc2-n2cnnc21. The summed E-state index contributed by atoms with van der Waals surface area (Å²) in [6.45, 7) is 0. The molecule has 0 spiro atoms. The minimum Gasteiger partial charge on any atom is -0.303 e. The third-order valence-electron chi connectivity index (χ3n) is 3.57. The Kier molecular flexibility index (Phi) is 2.65. The Labute approximate surface area is 121 Å².